The first-order valence-corrected chi connectivity index (χ1v) is 6.33. The molecule has 1 nitrogen and oxygen atoms in total. The van der Waals surface area contributed by atoms with E-state index in [4.69, 9.17) is 6.42 Å². The van der Waals surface area contributed by atoms with Crippen LogP contribution in [0.1, 0.15) is 53.4 Å². The van der Waals surface area contributed by atoms with Gasteiger partial charge in [0, 0.05) is 19.0 Å². The molecule has 0 atom stereocenters. The summed E-state index contributed by atoms with van der Waals surface area (Å²) in [5.41, 5.74) is 0. The molecular formula is C14H27N. The maximum atomic E-state index is 5.29. The Balaban J connectivity index is 4.10. The smallest absolute Gasteiger partial charge is 0.00982 e. The molecule has 15 heavy (non-hydrogen) atoms. The molecule has 0 rings (SSSR count). The van der Waals surface area contributed by atoms with Gasteiger partial charge >= 0.3 is 0 Å². The normalized spacial score (nSPS) is 11.3. The topological polar surface area (TPSA) is 3.24 Å². The van der Waals surface area contributed by atoms with E-state index in [1.807, 2.05) is 0 Å². The van der Waals surface area contributed by atoms with Gasteiger partial charge in [-0.05, 0) is 31.7 Å². The molecule has 0 bridgehead atoms. The molecule has 0 radical (unpaired) electrons. The van der Waals surface area contributed by atoms with E-state index in [1.54, 1.807) is 0 Å². The highest BCUT2D eigenvalue weighted by Crippen LogP contribution is 2.12. The molecule has 0 heterocycles. The van der Waals surface area contributed by atoms with Crippen LogP contribution < -0.4 is 0 Å². The van der Waals surface area contributed by atoms with Crippen LogP contribution in [0, 0.1) is 18.3 Å². The van der Waals surface area contributed by atoms with E-state index in [0.717, 1.165) is 31.3 Å². The Bertz CT molecular complexity index is 174. The first-order chi connectivity index (χ1) is 7.15. The Morgan fingerprint density at radius 1 is 1.20 bits per heavy atom. The maximum Gasteiger partial charge on any atom is 0.00982 e. The van der Waals surface area contributed by atoms with E-state index in [-0.39, 0.29) is 0 Å². The van der Waals surface area contributed by atoms with Crippen LogP contribution in [0.5, 0.6) is 0 Å². The maximum absolute atomic E-state index is 5.29. The molecule has 0 spiro atoms. The highest BCUT2D eigenvalue weighted by Gasteiger charge is 2.15. The average Bonchev–Trinajstić information content (AvgIpc) is 2.19. The van der Waals surface area contributed by atoms with Crippen LogP contribution >= 0.6 is 0 Å². The van der Waals surface area contributed by atoms with E-state index < -0.39 is 0 Å². The van der Waals surface area contributed by atoms with E-state index in [2.05, 4.69) is 38.5 Å². The van der Waals surface area contributed by atoms with Gasteiger partial charge in [-0.15, -0.1) is 12.3 Å². The van der Waals surface area contributed by atoms with Crippen LogP contribution in [0.4, 0.5) is 0 Å². The zero-order chi connectivity index (χ0) is 11.7. The minimum atomic E-state index is 0.741. The molecule has 0 aromatic heterocycles. The summed E-state index contributed by atoms with van der Waals surface area (Å²) in [5, 5.41) is 0. The quantitative estimate of drug-likeness (QED) is 0.436. The number of hydrogen-bond donors (Lipinski definition) is 0. The van der Waals surface area contributed by atoms with Gasteiger partial charge in [0.2, 0.25) is 0 Å². The highest BCUT2D eigenvalue weighted by atomic mass is 15.1. The third kappa shape index (κ3) is 6.57. The fourth-order valence-corrected chi connectivity index (χ4v) is 2.08. The van der Waals surface area contributed by atoms with Gasteiger partial charge in [0.1, 0.15) is 0 Å². The van der Waals surface area contributed by atoms with Crippen LogP contribution in [0.2, 0.25) is 0 Å². The molecule has 0 saturated heterocycles. The van der Waals surface area contributed by atoms with Gasteiger partial charge in [-0.1, -0.05) is 27.7 Å². The van der Waals surface area contributed by atoms with Crippen molar-refractivity contribution in [1.82, 2.24) is 4.90 Å². The Morgan fingerprint density at radius 2 is 1.80 bits per heavy atom. The minimum absolute atomic E-state index is 0.741. The van der Waals surface area contributed by atoms with Crippen molar-refractivity contribution in [2.45, 2.75) is 59.4 Å². The van der Waals surface area contributed by atoms with E-state index >= 15 is 0 Å². The largest absolute Gasteiger partial charge is 0.300 e. The standard InChI is InChI=1S/C14H27N/c1-6-9-10-11-15(12-13(4)5)14(7-2)8-3/h1,13-14H,7-12H2,2-5H3. The molecule has 0 aromatic carbocycles. The summed E-state index contributed by atoms with van der Waals surface area (Å²) in [6, 6.07) is 0.741. The molecule has 0 aliphatic rings. The summed E-state index contributed by atoms with van der Waals surface area (Å²) < 4.78 is 0. The minimum Gasteiger partial charge on any atom is -0.300 e. The predicted molar refractivity (Wildman–Crippen MR) is 68.8 cm³/mol. The zero-order valence-electron chi connectivity index (χ0n) is 10.9. The molecule has 0 saturated carbocycles. The molecule has 0 amide bonds. The number of nitrogens with zero attached hydrogens (tertiary/aromatic N) is 1. The first-order valence-electron chi connectivity index (χ1n) is 6.33. The number of unbranched alkanes of at least 4 members (excludes halogenated alkanes) is 1. The molecule has 1 heteroatoms. The van der Waals surface area contributed by atoms with Crippen molar-refractivity contribution in [3.8, 4) is 12.3 Å². The Labute approximate surface area is 96.2 Å². The lowest BCUT2D eigenvalue weighted by Crippen LogP contribution is -2.37. The van der Waals surface area contributed by atoms with E-state index in [0.29, 0.717) is 0 Å². The van der Waals surface area contributed by atoms with Gasteiger partial charge in [0.05, 0.1) is 0 Å². The monoisotopic (exact) mass is 209 g/mol. The number of hydrogen-bond acceptors (Lipinski definition) is 1. The van der Waals surface area contributed by atoms with Crippen molar-refractivity contribution in [3.63, 3.8) is 0 Å². The van der Waals surface area contributed by atoms with Crippen LogP contribution in [-0.4, -0.2) is 24.0 Å². The first kappa shape index (κ1) is 14.5. The van der Waals surface area contributed by atoms with Crippen LogP contribution in [0.15, 0.2) is 0 Å². The summed E-state index contributed by atoms with van der Waals surface area (Å²) in [6.45, 7) is 11.5. The molecule has 0 N–H and O–H groups in total. The van der Waals surface area contributed by atoms with Gasteiger partial charge in [0.15, 0.2) is 0 Å². The van der Waals surface area contributed by atoms with Crippen molar-refractivity contribution in [2.75, 3.05) is 13.1 Å². The van der Waals surface area contributed by atoms with Gasteiger partial charge in [-0.3, -0.25) is 0 Å². The summed E-state index contributed by atoms with van der Waals surface area (Å²) in [6.07, 6.45) is 9.84. The number of rotatable bonds is 8. The molecule has 0 aliphatic carbocycles. The Hall–Kier alpha value is -0.480. The second-order valence-corrected chi connectivity index (χ2v) is 4.67. The Morgan fingerprint density at radius 3 is 2.20 bits per heavy atom. The van der Waals surface area contributed by atoms with Crippen molar-refractivity contribution >= 4 is 0 Å². The Kier molecular flexibility index (Phi) is 8.52. The van der Waals surface area contributed by atoms with Crippen molar-refractivity contribution < 1.29 is 0 Å². The van der Waals surface area contributed by atoms with Crippen molar-refractivity contribution in [2.24, 2.45) is 5.92 Å². The molecule has 0 aromatic rings. The predicted octanol–water partition coefficient (Wildman–Crippen LogP) is 3.55. The molecule has 0 unspecified atom stereocenters. The van der Waals surface area contributed by atoms with Gasteiger partial charge in [0.25, 0.3) is 0 Å². The van der Waals surface area contributed by atoms with Crippen LogP contribution in [0.3, 0.4) is 0 Å². The lowest BCUT2D eigenvalue weighted by molar-refractivity contribution is 0.164. The molecular weight excluding hydrogens is 182 g/mol. The summed E-state index contributed by atoms with van der Waals surface area (Å²) >= 11 is 0. The summed E-state index contributed by atoms with van der Waals surface area (Å²) in [4.78, 5) is 2.61. The second kappa shape index (κ2) is 8.80. The van der Waals surface area contributed by atoms with Gasteiger partial charge < -0.3 is 4.90 Å². The lowest BCUT2D eigenvalue weighted by Gasteiger charge is -2.31. The molecule has 0 aliphatic heterocycles. The highest BCUT2D eigenvalue weighted by molar-refractivity contribution is 4.84. The van der Waals surface area contributed by atoms with Crippen LogP contribution in [-0.2, 0) is 0 Å². The fourth-order valence-electron chi connectivity index (χ4n) is 2.08. The summed E-state index contributed by atoms with van der Waals surface area (Å²) in [5.74, 6) is 3.47. The third-order valence-corrected chi connectivity index (χ3v) is 2.82. The van der Waals surface area contributed by atoms with Crippen LogP contribution in [0.25, 0.3) is 0 Å². The molecule has 88 valence electrons. The van der Waals surface area contributed by atoms with Crippen molar-refractivity contribution in [3.05, 3.63) is 0 Å². The zero-order valence-corrected chi connectivity index (χ0v) is 10.9. The fraction of sp³-hybridized carbons (Fsp3) is 0.857. The van der Waals surface area contributed by atoms with Crippen molar-refractivity contribution in [1.29, 1.82) is 0 Å². The number of terminal acetylenes is 1. The van der Waals surface area contributed by atoms with E-state index in [1.165, 1.54) is 19.4 Å². The van der Waals surface area contributed by atoms with E-state index in [9.17, 15) is 0 Å². The van der Waals surface area contributed by atoms with Gasteiger partial charge in [-0.25, -0.2) is 0 Å². The molecule has 0 fully saturated rings. The third-order valence-electron chi connectivity index (χ3n) is 2.82. The van der Waals surface area contributed by atoms with Gasteiger partial charge in [-0.2, -0.15) is 0 Å². The second-order valence-electron chi connectivity index (χ2n) is 4.67. The lowest BCUT2D eigenvalue weighted by atomic mass is 10.1. The average molecular weight is 209 g/mol. The SMILES string of the molecule is C#CCCCN(CC(C)C)C(CC)CC. The summed E-state index contributed by atoms with van der Waals surface area (Å²) in [7, 11) is 0.